The first-order valence-electron chi connectivity index (χ1n) is 9.80. The minimum atomic E-state index is -1.03. The molecule has 0 radical (unpaired) electrons. The number of aryl methyl sites for hydroxylation is 1. The fourth-order valence-electron chi connectivity index (χ4n) is 3.93. The van der Waals surface area contributed by atoms with E-state index in [1.165, 1.54) is 11.8 Å². The number of rotatable bonds is 5. The number of nitriles is 1. The van der Waals surface area contributed by atoms with Crippen LogP contribution in [0.1, 0.15) is 55.1 Å². The predicted octanol–water partition coefficient (Wildman–Crippen LogP) is 3.98. The maximum atomic E-state index is 12.9. The van der Waals surface area contributed by atoms with E-state index >= 15 is 0 Å². The highest BCUT2D eigenvalue weighted by atomic mass is 16.6. The van der Waals surface area contributed by atoms with Gasteiger partial charge in [-0.05, 0) is 44.9 Å². The standard InChI is InChI=1S/C22H26N2O5/c1-14-17-12-16(27-4)8-9-18(17)29-19(14)21(26)28-15(2)20(25)24(3)22(13-23)10-6-5-7-11-22/h8-9,12,15H,5-7,10-11H2,1-4H3/t15-/m0/s1. The van der Waals surface area contributed by atoms with Crippen LogP contribution >= 0.6 is 0 Å². The fraction of sp³-hybridized carbons (Fsp3) is 0.500. The zero-order valence-corrected chi connectivity index (χ0v) is 17.3. The molecule has 3 rings (SSSR count). The largest absolute Gasteiger partial charge is 0.497 e. The Morgan fingerprint density at radius 2 is 1.97 bits per heavy atom. The lowest BCUT2D eigenvalue weighted by molar-refractivity contribution is -0.143. The lowest BCUT2D eigenvalue weighted by Gasteiger charge is -2.39. The zero-order chi connectivity index (χ0) is 21.2. The van der Waals surface area contributed by atoms with Gasteiger partial charge in [-0.1, -0.05) is 19.3 Å². The molecule has 1 aromatic carbocycles. The van der Waals surface area contributed by atoms with Gasteiger partial charge in [0.05, 0.1) is 13.2 Å². The van der Waals surface area contributed by atoms with Gasteiger partial charge in [0.2, 0.25) is 5.76 Å². The number of nitrogens with zero attached hydrogens (tertiary/aromatic N) is 2. The van der Waals surface area contributed by atoms with Gasteiger partial charge in [-0.15, -0.1) is 0 Å². The molecule has 154 valence electrons. The Balaban J connectivity index is 1.76. The number of carbonyl (C=O) groups excluding carboxylic acids is 2. The highest BCUT2D eigenvalue weighted by molar-refractivity contribution is 5.97. The van der Waals surface area contributed by atoms with Gasteiger partial charge >= 0.3 is 5.97 Å². The second kappa shape index (κ2) is 8.16. The van der Waals surface area contributed by atoms with Crippen molar-refractivity contribution in [3.63, 3.8) is 0 Å². The molecule has 0 aliphatic heterocycles. The second-order valence-corrected chi connectivity index (χ2v) is 7.57. The number of ether oxygens (including phenoxy) is 2. The lowest BCUT2D eigenvalue weighted by atomic mass is 9.81. The Kier molecular flexibility index (Phi) is 5.83. The third-order valence-corrected chi connectivity index (χ3v) is 5.82. The van der Waals surface area contributed by atoms with Crippen LogP contribution in [0.2, 0.25) is 0 Å². The summed E-state index contributed by atoms with van der Waals surface area (Å²) in [4.78, 5) is 27.0. The third-order valence-electron chi connectivity index (χ3n) is 5.82. The number of methoxy groups -OCH3 is 1. The van der Waals surface area contributed by atoms with Gasteiger partial charge in [0.1, 0.15) is 16.9 Å². The van der Waals surface area contributed by atoms with Gasteiger partial charge in [-0.25, -0.2) is 4.79 Å². The summed E-state index contributed by atoms with van der Waals surface area (Å²) < 4.78 is 16.3. The molecule has 0 N–H and O–H groups in total. The molecule has 0 bridgehead atoms. The molecule has 0 spiro atoms. The molecule has 1 heterocycles. The Bertz CT molecular complexity index is 965. The van der Waals surface area contributed by atoms with E-state index < -0.39 is 23.5 Å². The Hall–Kier alpha value is -3.01. The normalized spacial score (nSPS) is 16.7. The van der Waals surface area contributed by atoms with Crippen molar-refractivity contribution in [2.45, 2.75) is 57.6 Å². The quantitative estimate of drug-likeness (QED) is 0.707. The van der Waals surface area contributed by atoms with Crippen molar-refractivity contribution in [1.29, 1.82) is 5.26 Å². The lowest BCUT2D eigenvalue weighted by Crippen LogP contribution is -2.53. The van der Waals surface area contributed by atoms with Crippen molar-refractivity contribution in [1.82, 2.24) is 4.90 Å². The van der Waals surface area contributed by atoms with E-state index in [1.54, 1.807) is 39.3 Å². The fourth-order valence-corrected chi connectivity index (χ4v) is 3.93. The van der Waals surface area contributed by atoms with E-state index in [1.807, 2.05) is 0 Å². The first kappa shape index (κ1) is 20.7. The van der Waals surface area contributed by atoms with E-state index in [9.17, 15) is 14.9 Å². The molecule has 0 saturated heterocycles. The number of benzene rings is 1. The first-order chi connectivity index (χ1) is 13.8. The SMILES string of the molecule is COc1ccc2oc(C(=O)O[C@@H](C)C(=O)N(C)C3(C#N)CCCCC3)c(C)c2c1. The van der Waals surface area contributed by atoms with Gasteiger partial charge in [0.15, 0.2) is 6.10 Å². The highest BCUT2D eigenvalue weighted by Gasteiger charge is 2.41. The summed E-state index contributed by atoms with van der Waals surface area (Å²) in [5.74, 6) is -0.386. The average molecular weight is 398 g/mol. The van der Waals surface area contributed by atoms with Gasteiger partial charge in [0.25, 0.3) is 5.91 Å². The molecule has 29 heavy (non-hydrogen) atoms. The van der Waals surface area contributed by atoms with Crippen LogP contribution in [0.3, 0.4) is 0 Å². The van der Waals surface area contributed by atoms with Crippen molar-refractivity contribution < 1.29 is 23.5 Å². The van der Waals surface area contributed by atoms with E-state index in [0.717, 1.165) is 24.6 Å². The summed E-state index contributed by atoms with van der Waals surface area (Å²) in [5, 5.41) is 10.4. The summed E-state index contributed by atoms with van der Waals surface area (Å²) in [6.07, 6.45) is 3.11. The predicted molar refractivity (Wildman–Crippen MR) is 107 cm³/mol. The Morgan fingerprint density at radius 3 is 2.59 bits per heavy atom. The summed E-state index contributed by atoms with van der Waals surface area (Å²) in [5.41, 5.74) is 0.330. The summed E-state index contributed by atoms with van der Waals surface area (Å²) in [7, 11) is 3.18. The van der Waals surface area contributed by atoms with Crippen molar-refractivity contribution in [3.05, 3.63) is 29.5 Å². The second-order valence-electron chi connectivity index (χ2n) is 7.57. The molecule has 0 unspecified atom stereocenters. The Labute approximate surface area is 170 Å². The number of carbonyl (C=O) groups is 2. The molecule has 1 aromatic heterocycles. The van der Waals surface area contributed by atoms with Crippen LogP contribution in [0.5, 0.6) is 5.75 Å². The monoisotopic (exact) mass is 398 g/mol. The van der Waals surface area contributed by atoms with E-state index in [2.05, 4.69) is 6.07 Å². The molecule has 2 aromatic rings. The molecule has 1 atom stereocenters. The number of furan rings is 1. The molecule has 1 amide bonds. The van der Waals surface area contributed by atoms with E-state index in [0.29, 0.717) is 29.7 Å². The van der Waals surface area contributed by atoms with Gasteiger partial charge in [-0.3, -0.25) is 4.79 Å². The third kappa shape index (κ3) is 3.80. The summed E-state index contributed by atoms with van der Waals surface area (Å²) in [6.45, 7) is 3.28. The molecule has 1 fully saturated rings. The maximum absolute atomic E-state index is 12.9. The van der Waals surface area contributed by atoms with Crippen LogP contribution in [0.4, 0.5) is 0 Å². The Morgan fingerprint density at radius 1 is 1.28 bits per heavy atom. The van der Waals surface area contributed by atoms with Gasteiger partial charge in [0, 0.05) is 18.0 Å². The van der Waals surface area contributed by atoms with Crippen molar-refractivity contribution in [2.75, 3.05) is 14.2 Å². The number of likely N-dealkylation sites (N-methyl/N-ethyl adjacent to an activating group) is 1. The van der Waals surface area contributed by atoms with Crippen LogP contribution in [-0.2, 0) is 9.53 Å². The minimum Gasteiger partial charge on any atom is -0.497 e. The molecule has 7 heteroatoms. The molecular formula is C22H26N2O5. The van der Waals surface area contributed by atoms with Crippen LogP contribution < -0.4 is 4.74 Å². The molecular weight excluding hydrogens is 372 g/mol. The van der Waals surface area contributed by atoms with Gasteiger partial charge in [-0.2, -0.15) is 5.26 Å². The topological polar surface area (TPSA) is 92.8 Å². The average Bonchev–Trinajstić information content (AvgIpc) is 3.08. The van der Waals surface area contributed by atoms with Crippen molar-refractivity contribution in [2.24, 2.45) is 0 Å². The van der Waals surface area contributed by atoms with Crippen LogP contribution in [-0.4, -0.2) is 42.6 Å². The first-order valence-corrected chi connectivity index (χ1v) is 9.80. The molecule has 1 aliphatic carbocycles. The number of hydrogen-bond acceptors (Lipinski definition) is 6. The molecule has 7 nitrogen and oxygen atoms in total. The smallest absolute Gasteiger partial charge is 0.375 e. The van der Waals surface area contributed by atoms with Crippen LogP contribution in [0, 0.1) is 18.3 Å². The van der Waals surface area contributed by atoms with Crippen LogP contribution in [0.15, 0.2) is 22.6 Å². The number of amides is 1. The molecule has 1 saturated carbocycles. The maximum Gasteiger partial charge on any atom is 0.375 e. The minimum absolute atomic E-state index is 0.0585. The summed E-state index contributed by atoms with van der Waals surface area (Å²) >= 11 is 0. The summed E-state index contributed by atoms with van der Waals surface area (Å²) in [6, 6.07) is 7.56. The highest BCUT2D eigenvalue weighted by Crippen LogP contribution is 2.33. The number of esters is 1. The number of fused-ring (bicyclic) bond motifs is 1. The van der Waals surface area contributed by atoms with E-state index in [4.69, 9.17) is 13.9 Å². The van der Waals surface area contributed by atoms with Crippen molar-refractivity contribution in [3.8, 4) is 11.8 Å². The molecule has 1 aliphatic rings. The number of hydrogen-bond donors (Lipinski definition) is 0. The van der Waals surface area contributed by atoms with Crippen LogP contribution in [0.25, 0.3) is 11.0 Å². The van der Waals surface area contributed by atoms with E-state index in [-0.39, 0.29) is 5.76 Å². The van der Waals surface area contributed by atoms with Gasteiger partial charge < -0.3 is 18.8 Å². The van der Waals surface area contributed by atoms with Crippen molar-refractivity contribution >= 4 is 22.8 Å². The zero-order valence-electron chi connectivity index (χ0n) is 17.3.